The van der Waals surface area contributed by atoms with E-state index in [4.69, 9.17) is 11.1 Å². The summed E-state index contributed by atoms with van der Waals surface area (Å²) < 4.78 is 1.06. The lowest BCUT2D eigenvalue weighted by Crippen LogP contribution is -2.04. The molecule has 2 aliphatic rings. The smallest absolute Gasteiger partial charge is 0.0813 e. The molecule has 0 amide bonds. The minimum absolute atomic E-state index is 0.554. The number of nitrogens with one attached hydrogen (secondary N) is 1. The minimum atomic E-state index is 0.554. The van der Waals surface area contributed by atoms with E-state index in [1.54, 1.807) is 11.3 Å². The Bertz CT molecular complexity index is 745. The van der Waals surface area contributed by atoms with Crippen LogP contribution in [0, 0.1) is 12.3 Å². The van der Waals surface area contributed by atoms with E-state index in [9.17, 15) is 0 Å². The average molecular weight is 241 g/mol. The van der Waals surface area contributed by atoms with Gasteiger partial charge in [-0.15, -0.1) is 11.3 Å². The zero-order valence-electron chi connectivity index (χ0n) is 9.32. The molecule has 1 heterocycles. The van der Waals surface area contributed by atoms with Crippen LogP contribution in [-0.2, 0) is 0 Å². The summed E-state index contributed by atoms with van der Waals surface area (Å²) >= 11 is 1.63. The van der Waals surface area contributed by atoms with Gasteiger partial charge >= 0.3 is 0 Å². The van der Waals surface area contributed by atoms with Gasteiger partial charge in [-0.3, -0.25) is 0 Å². The first-order chi connectivity index (χ1) is 8.13. The number of nitrogens with two attached hydrogens (primary N) is 1. The van der Waals surface area contributed by atoms with Gasteiger partial charge in [0.25, 0.3) is 0 Å². The van der Waals surface area contributed by atoms with Crippen LogP contribution in [0.3, 0.4) is 0 Å². The summed E-state index contributed by atoms with van der Waals surface area (Å²) in [6.45, 7) is 1.93. The Morgan fingerprint density at radius 1 is 1.24 bits per heavy atom. The maximum atomic E-state index is 7.81. The number of anilines is 1. The fourth-order valence-corrected chi connectivity index (χ4v) is 2.83. The molecule has 0 spiro atoms. The molecule has 17 heavy (non-hydrogen) atoms. The van der Waals surface area contributed by atoms with Gasteiger partial charge in [0.2, 0.25) is 0 Å². The molecule has 3 rings (SSSR count). The number of nitrogens with zero attached hydrogens (tertiary/aromatic N) is 1. The highest BCUT2D eigenvalue weighted by Gasteiger charge is 2.08. The maximum absolute atomic E-state index is 7.81. The standard InChI is InChI=1S/C13H11N3S/c1-7-4-11-13(6-9(7)15)17-12-5-8(14)2-3-10(12)16-11/h2-6,15H,14H2,1H3. The first-order valence-corrected chi connectivity index (χ1v) is 6.10. The van der Waals surface area contributed by atoms with Crippen LogP contribution in [0.4, 0.5) is 5.69 Å². The molecule has 1 aliphatic carbocycles. The summed E-state index contributed by atoms with van der Waals surface area (Å²) in [5, 5.41) is 8.36. The molecule has 0 bridgehead atoms. The fourth-order valence-electron chi connectivity index (χ4n) is 1.80. The Morgan fingerprint density at radius 3 is 2.88 bits per heavy atom. The van der Waals surface area contributed by atoms with Crippen molar-refractivity contribution in [2.24, 2.45) is 0 Å². The van der Waals surface area contributed by atoms with E-state index in [1.807, 2.05) is 37.3 Å². The van der Waals surface area contributed by atoms with Gasteiger partial charge in [0.15, 0.2) is 0 Å². The monoisotopic (exact) mass is 241 g/mol. The van der Waals surface area contributed by atoms with Crippen molar-refractivity contribution in [3.63, 3.8) is 0 Å². The molecule has 0 radical (unpaired) electrons. The number of rotatable bonds is 0. The second-order valence-electron chi connectivity index (χ2n) is 4.08. The number of nitrogen functional groups attached to an aromatic ring is 1. The van der Waals surface area contributed by atoms with Crippen LogP contribution >= 0.6 is 11.3 Å². The molecule has 0 saturated heterocycles. The average Bonchev–Trinajstić information content (AvgIpc) is 2.28. The molecule has 0 saturated carbocycles. The molecule has 3 nitrogen and oxygen atoms in total. The SMILES string of the molecule is Cc1cc2nc3ccc(N)cc3sc-2cc1=N. The number of fused-ring (bicyclic) bond motifs is 2. The summed E-state index contributed by atoms with van der Waals surface area (Å²) in [7, 11) is 0. The number of aromatic nitrogens is 1. The molecule has 1 aromatic rings. The Morgan fingerprint density at radius 2 is 2.06 bits per heavy atom. The predicted molar refractivity (Wildman–Crippen MR) is 71.2 cm³/mol. The molecule has 0 unspecified atom stereocenters. The first kappa shape index (κ1) is 10.2. The van der Waals surface area contributed by atoms with E-state index in [1.165, 1.54) is 0 Å². The highest BCUT2D eigenvalue weighted by molar-refractivity contribution is 7.21. The quantitative estimate of drug-likeness (QED) is 0.469. The third-order valence-corrected chi connectivity index (χ3v) is 3.84. The van der Waals surface area contributed by atoms with Crippen molar-refractivity contribution in [1.29, 1.82) is 5.41 Å². The van der Waals surface area contributed by atoms with Crippen LogP contribution in [-0.4, -0.2) is 4.98 Å². The van der Waals surface area contributed by atoms with Gasteiger partial charge < -0.3 is 11.1 Å². The normalized spacial score (nSPS) is 11.1. The molecule has 0 fully saturated rings. The largest absolute Gasteiger partial charge is 0.399 e. The van der Waals surface area contributed by atoms with Gasteiger partial charge in [-0.1, -0.05) is 0 Å². The van der Waals surface area contributed by atoms with Crippen molar-refractivity contribution in [3.05, 3.63) is 41.3 Å². The Balaban J connectivity index is 2.45. The molecular weight excluding hydrogens is 230 g/mol. The minimum Gasteiger partial charge on any atom is -0.399 e. The molecule has 84 valence electrons. The first-order valence-electron chi connectivity index (χ1n) is 5.29. The Labute approximate surface area is 102 Å². The molecule has 1 aromatic carbocycles. The van der Waals surface area contributed by atoms with Crippen LogP contribution in [0.15, 0.2) is 30.3 Å². The van der Waals surface area contributed by atoms with Crippen molar-refractivity contribution < 1.29 is 0 Å². The van der Waals surface area contributed by atoms with Crippen molar-refractivity contribution in [1.82, 2.24) is 4.98 Å². The highest BCUT2D eigenvalue weighted by Crippen LogP contribution is 2.30. The van der Waals surface area contributed by atoms with Gasteiger partial charge in [0.1, 0.15) is 0 Å². The topological polar surface area (TPSA) is 62.8 Å². The summed E-state index contributed by atoms with van der Waals surface area (Å²) in [5.74, 6) is 0. The third kappa shape index (κ3) is 1.66. The van der Waals surface area contributed by atoms with Gasteiger partial charge in [0.05, 0.1) is 26.1 Å². The molecule has 4 heteroatoms. The Kier molecular flexibility index (Phi) is 2.12. The van der Waals surface area contributed by atoms with E-state index >= 15 is 0 Å². The number of benzene rings is 2. The van der Waals surface area contributed by atoms with Crippen LogP contribution in [0.2, 0.25) is 0 Å². The summed E-state index contributed by atoms with van der Waals surface area (Å²) in [6.07, 6.45) is 0. The van der Waals surface area contributed by atoms with E-state index in [0.29, 0.717) is 5.36 Å². The van der Waals surface area contributed by atoms with Gasteiger partial charge in [-0.2, -0.15) is 0 Å². The number of hydrogen-bond acceptors (Lipinski definition) is 4. The van der Waals surface area contributed by atoms with E-state index in [0.717, 1.165) is 32.0 Å². The zero-order valence-corrected chi connectivity index (χ0v) is 10.1. The summed E-state index contributed by atoms with van der Waals surface area (Å²) in [4.78, 5) is 5.62. The number of hydrogen-bond donors (Lipinski definition) is 2. The second kappa shape index (κ2) is 3.53. The van der Waals surface area contributed by atoms with Gasteiger partial charge in [-0.05, 0) is 42.8 Å². The zero-order chi connectivity index (χ0) is 12.0. The maximum Gasteiger partial charge on any atom is 0.0813 e. The third-order valence-electron chi connectivity index (χ3n) is 2.75. The fraction of sp³-hybridized carbons (Fsp3) is 0.0769. The van der Waals surface area contributed by atoms with Crippen LogP contribution in [0.25, 0.3) is 20.8 Å². The van der Waals surface area contributed by atoms with Crippen molar-refractivity contribution in [3.8, 4) is 10.6 Å². The molecule has 0 aromatic heterocycles. The van der Waals surface area contributed by atoms with Gasteiger partial charge in [0, 0.05) is 5.69 Å². The summed E-state index contributed by atoms with van der Waals surface area (Å²) in [5.41, 5.74) is 9.36. The van der Waals surface area contributed by atoms with Crippen LogP contribution in [0.1, 0.15) is 5.56 Å². The number of aryl methyl sites for hydroxylation is 1. The van der Waals surface area contributed by atoms with Gasteiger partial charge in [-0.25, -0.2) is 4.98 Å². The van der Waals surface area contributed by atoms with Crippen molar-refractivity contribution in [2.45, 2.75) is 6.92 Å². The van der Waals surface area contributed by atoms with Crippen molar-refractivity contribution >= 4 is 27.2 Å². The van der Waals surface area contributed by atoms with Crippen molar-refractivity contribution in [2.75, 3.05) is 5.73 Å². The van der Waals surface area contributed by atoms with E-state index in [-0.39, 0.29) is 0 Å². The van der Waals surface area contributed by atoms with Crippen LogP contribution in [0.5, 0.6) is 0 Å². The van der Waals surface area contributed by atoms with E-state index in [2.05, 4.69) is 4.98 Å². The van der Waals surface area contributed by atoms with E-state index < -0.39 is 0 Å². The molecule has 1 aliphatic heterocycles. The predicted octanol–water partition coefficient (Wildman–Crippen LogP) is 2.77. The highest BCUT2D eigenvalue weighted by atomic mass is 32.1. The lowest BCUT2D eigenvalue weighted by molar-refractivity contribution is 1.20. The summed E-state index contributed by atoms with van der Waals surface area (Å²) in [6, 6.07) is 9.55. The molecule has 3 N–H and O–H groups in total. The Hall–Kier alpha value is -1.94. The second-order valence-corrected chi connectivity index (χ2v) is 5.16. The molecule has 0 atom stereocenters. The van der Waals surface area contributed by atoms with Crippen LogP contribution < -0.4 is 11.1 Å². The lowest BCUT2D eigenvalue weighted by Gasteiger charge is -2.07. The lowest BCUT2D eigenvalue weighted by atomic mass is 10.1. The molecular formula is C13H11N3S.